The maximum atomic E-state index is 14.3. The molecule has 2 nitrogen and oxygen atoms in total. The number of benzene rings is 1. The molecule has 0 aromatic heterocycles. The van der Waals surface area contributed by atoms with Crippen LogP contribution in [-0.2, 0) is 9.84 Å². The van der Waals surface area contributed by atoms with E-state index in [-0.39, 0.29) is 10.8 Å². The molecule has 1 aromatic rings. The van der Waals surface area contributed by atoms with E-state index in [4.69, 9.17) is 0 Å². The zero-order valence-electron chi connectivity index (χ0n) is 11.4. The maximum absolute atomic E-state index is 14.3. The predicted molar refractivity (Wildman–Crippen MR) is 71.8 cm³/mol. The predicted octanol–water partition coefficient (Wildman–Crippen LogP) is 4.13. The minimum atomic E-state index is -4.64. The number of rotatable bonds is 6. The second-order valence-electron chi connectivity index (χ2n) is 4.74. The standard InChI is InChI=1S/C14H20F2O2S/c1-4-12(5-2)11(3)14(15,16)19(17,18)13-9-7-6-8-10-13/h6-12H,4-5H2,1-3H3. The highest BCUT2D eigenvalue weighted by molar-refractivity contribution is 7.92. The fourth-order valence-corrected chi connectivity index (χ4v) is 3.78. The van der Waals surface area contributed by atoms with Crippen molar-refractivity contribution in [2.24, 2.45) is 11.8 Å². The molecule has 0 radical (unpaired) electrons. The molecule has 0 spiro atoms. The molecule has 0 N–H and O–H groups in total. The molecule has 0 aliphatic rings. The molecule has 1 aromatic carbocycles. The third kappa shape index (κ3) is 2.96. The molecular formula is C14H20F2O2S. The molecule has 0 amide bonds. The Kier molecular flexibility index (Phi) is 5.07. The molecule has 0 aliphatic carbocycles. The van der Waals surface area contributed by atoms with Crippen molar-refractivity contribution in [1.29, 1.82) is 0 Å². The summed E-state index contributed by atoms with van der Waals surface area (Å²) in [5.74, 6) is -1.51. The highest BCUT2D eigenvalue weighted by atomic mass is 32.2. The van der Waals surface area contributed by atoms with Gasteiger partial charge in [0.05, 0.1) is 4.90 Å². The molecule has 1 rings (SSSR count). The second kappa shape index (κ2) is 5.99. The molecular weight excluding hydrogens is 270 g/mol. The second-order valence-corrected chi connectivity index (χ2v) is 6.77. The summed E-state index contributed by atoms with van der Waals surface area (Å²) < 4.78 is 52.8. The number of alkyl halides is 2. The van der Waals surface area contributed by atoms with Crippen LogP contribution in [0.5, 0.6) is 0 Å². The van der Waals surface area contributed by atoms with Crippen molar-refractivity contribution >= 4 is 9.84 Å². The minimum absolute atomic E-state index is 0.312. The van der Waals surface area contributed by atoms with Gasteiger partial charge in [-0.2, -0.15) is 8.78 Å². The lowest BCUT2D eigenvalue weighted by atomic mass is 9.89. The fourth-order valence-electron chi connectivity index (χ4n) is 2.27. The quantitative estimate of drug-likeness (QED) is 0.789. The van der Waals surface area contributed by atoms with Gasteiger partial charge in [0.15, 0.2) is 0 Å². The Labute approximate surface area is 113 Å². The van der Waals surface area contributed by atoms with Crippen molar-refractivity contribution in [3.8, 4) is 0 Å². The van der Waals surface area contributed by atoms with Crippen LogP contribution in [0.1, 0.15) is 33.6 Å². The summed E-state index contributed by atoms with van der Waals surface area (Å²) in [4.78, 5) is -0.321. The first-order valence-corrected chi connectivity index (χ1v) is 7.94. The summed E-state index contributed by atoms with van der Waals surface area (Å²) in [6.45, 7) is 4.92. The number of hydrogen-bond acceptors (Lipinski definition) is 2. The van der Waals surface area contributed by atoms with Gasteiger partial charge in [0, 0.05) is 5.92 Å². The monoisotopic (exact) mass is 290 g/mol. The molecule has 1 atom stereocenters. The van der Waals surface area contributed by atoms with Crippen LogP contribution in [0.15, 0.2) is 35.2 Å². The van der Waals surface area contributed by atoms with E-state index in [1.165, 1.54) is 31.2 Å². The summed E-state index contributed by atoms with van der Waals surface area (Å²) in [6, 6.07) is 6.92. The van der Waals surface area contributed by atoms with Gasteiger partial charge >= 0.3 is 5.25 Å². The molecule has 0 aliphatic heterocycles. The zero-order chi connectivity index (χ0) is 14.7. The number of hydrogen-bond donors (Lipinski definition) is 0. The van der Waals surface area contributed by atoms with Crippen LogP contribution in [0.4, 0.5) is 8.78 Å². The van der Waals surface area contributed by atoms with Gasteiger partial charge in [-0.1, -0.05) is 51.8 Å². The molecule has 19 heavy (non-hydrogen) atoms. The first-order valence-electron chi connectivity index (χ1n) is 6.46. The molecule has 108 valence electrons. The Morgan fingerprint density at radius 1 is 1.11 bits per heavy atom. The normalized spacial score (nSPS) is 14.6. The number of halogens is 2. The lowest BCUT2D eigenvalue weighted by molar-refractivity contribution is 0.00450. The van der Waals surface area contributed by atoms with Gasteiger partial charge in [0.1, 0.15) is 0 Å². The topological polar surface area (TPSA) is 34.1 Å². The smallest absolute Gasteiger partial charge is 0.217 e. The van der Waals surface area contributed by atoms with Crippen LogP contribution in [0.3, 0.4) is 0 Å². The SMILES string of the molecule is CCC(CC)C(C)C(F)(F)S(=O)(=O)c1ccccc1. The molecule has 0 saturated heterocycles. The Morgan fingerprint density at radius 3 is 2.00 bits per heavy atom. The van der Waals surface area contributed by atoms with Crippen molar-refractivity contribution in [2.45, 2.75) is 43.8 Å². The van der Waals surface area contributed by atoms with Crippen molar-refractivity contribution in [3.05, 3.63) is 30.3 Å². The fraction of sp³-hybridized carbons (Fsp3) is 0.571. The molecule has 0 fully saturated rings. The van der Waals surface area contributed by atoms with Gasteiger partial charge < -0.3 is 0 Å². The maximum Gasteiger partial charge on any atom is 0.352 e. The van der Waals surface area contributed by atoms with E-state index >= 15 is 0 Å². The third-order valence-electron chi connectivity index (χ3n) is 3.70. The highest BCUT2D eigenvalue weighted by Crippen LogP contribution is 2.41. The first-order chi connectivity index (χ1) is 8.79. The molecule has 5 heteroatoms. The summed E-state index contributed by atoms with van der Waals surface area (Å²) in [7, 11) is -4.64. The van der Waals surface area contributed by atoms with E-state index in [1.807, 2.05) is 0 Å². The summed E-state index contributed by atoms with van der Waals surface area (Å²) in [6.07, 6.45) is 1.08. The zero-order valence-corrected chi connectivity index (χ0v) is 12.3. The van der Waals surface area contributed by atoms with Gasteiger partial charge in [-0.3, -0.25) is 0 Å². The Balaban J connectivity index is 3.19. The van der Waals surface area contributed by atoms with E-state index in [0.29, 0.717) is 12.8 Å². The Bertz CT molecular complexity index is 493. The van der Waals surface area contributed by atoms with Crippen molar-refractivity contribution in [1.82, 2.24) is 0 Å². The van der Waals surface area contributed by atoms with E-state index in [0.717, 1.165) is 0 Å². The Hall–Kier alpha value is -0.970. The van der Waals surface area contributed by atoms with Gasteiger partial charge in [0.2, 0.25) is 9.84 Å². The molecule has 0 heterocycles. The number of sulfone groups is 1. The third-order valence-corrected chi connectivity index (χ3v) is 5.68. The lowest BCUT2D eigenvalue weighted by Crippen LogP contribution is -2.39. The lowest BCUT2D eigenvalue weighted by Gasteiger charge is -2.29. The van der Waals surface area contributed by atoms with E-state index < -0.39 is 21.0 Å². The summed E-state index contributed by atoms with van der Waals surface area (Å²) in [5.41, 5.74) is 0. The molecule has 0 saturated carbocycles. The Morgan fingerprint density at radius 2 is 1.58 bits per heavy atom. The molecule has 0 bridgehead atoms. The molecule has 1 unspecified atom stereocenters. The van der Waals surface area contributed by atoms with Crippen molar-refractivity contribution in [3.63, 3.8) is 0 Å². The van der Waals surface area contributed by atoms with E-state index in [9.17, 15) is 17.2 Å². The van der Waals surface area contributed by atoms with Gasteiger partial charge in [0.25, 0.3) is 0 Å². The van der Waals surface area contributed by atoms with Crippen molar-refractivity contribution < 1.29 is 17.2 Å². The van der Waals surface area contributed by atoms with Crippen molar-refractivity contribution in [2.75, 3.05) is 0 Å². The van der Waals surface area contributed by atoms with Gasteiger partial charge in [-0.25, -0.2) is 8.42 Å². The average Bonchev–Trinajstić information content (AvgIpc) is 2.40. The summed E-state index contributed by atoms with van der Waals surface area (Å²) >= 11 is 0. The van der Waals surface area contributed by atoms with Gasteiger partial charge in [-0.05, 0) is 18.1 Å². The van der Waals surface area contributed by atoms with Crippen LogP contribution in [0.25, 0.3) is 0 Å². The van der Waals surface area contributed by atoms with Crippen LogP contribution in [0.2, 0.25) is 0 Å². The van der Waals surface area contributed by atoms with Crippen LogP contribution in [0, 0.1) is 11.8 Å². The highest BCUT2D eigenvalue weighted by Gasteiger charge is 2.52. The largest absolute Gasteiger partial charge is 0.352 e. The minimum Gasteiger partial charge on any atom is -0.217 e. The first kappa shape index (κ1) is 16.1. The van der Waals surface area contributed by atoms with Gasteiger partial charge in [-0.15, -0.1) is 0 Å². The van der Waals surface area contributed by atoms with Crippen LogP contribution < -0.4 is 0 Å². The van der Waals surface area contributed by atoms with E-state index in [2.05, 4.69) is 0 Å². The van der Waals surface area contributed by atoms with E-state index in [1.54, 1.807) is 19.9 Å². The van der Waals surface area contributed by atoms with Crippen LogP contribution in [-0.4, -0.2) is 13.7 Å². The van der Waals surface area contributed by atoms with Crippen LogP contribution >= 0.6 is 0 Å². The summed E-state index contributed by atoms with van der Waals surface area (Å²) in [5, 5.41) is -3.75. The average molecular weight is 290 g/mol.